The zero-order chi connectivity index (χ0) is 20.5. The van der Waals surface area contributed by atoms with E-state index in [1.54, 1.807) is 34.9 Å². The number of carbonyl (C=O) groups is 1. The molecule has 1 saturated heterocycles. The molecular weight excluding hydrogens is 420 g/mol. The maximum atomic E-state index is 13.6. The van der Waals surface area contributed by atoms with Crippen molar-refractivity contribution in [2.75, 3.05) is 37.5 Å². The first-order valence-electron chi connectivity index (χ1n) is 9.99. The fourth-order valence-electron chi connectivity index (χ4n) is 3.76. The molecule has 2 aromatic carbocycles. The van der Waals surface area contributed by atoms with Crippen molar-refractivity contribution in [3.8, 4) is 11.5 Å². The van der Waals surface area contributed by atoms with Gasteiger partial charge in [0.25, 0.3) is 5.91 Å². The largest absolute Gasteiger partial charge is 0.486 e. The van der Waals surface area contributed by atoms with Crippen LogP contribution in [0.15, 0.2) is 41.3 Å². The maximum absolute atomic E-state index is 13.6. The molecule has 30 heavy (non-hydrogen) atoms. The van der Waals surface area contributed by atoms with Crippen molar-refractivity contribution in [1.29, 1.82) is 0 Å². The lowest BCUT2D eigenvalue weighted by molar-refractivity contribution is 0.0916. The zero-order valence-electron chi connectivity index (χ0n) is 16.6. The number of thiazole rings is 1. The highest BCUT2D eigenvalue weighted by Gasteiger charge is 2.28. The van der Waals surface area contributed by atoms with Gasteiger partial charge in [0.1, 0.15) is 13.2 Å². The number of thioether (sulfide) groups is 1. The minimum absolute atomic E-state index is 0.0261. The van der Waals surface area contributed by atoms with E-state index < -0.39 is 0 Å². The van der Waals surface area contributed by atoms with E-state index in [-0.39, 0.29) is 12.0 Å². The Kier molecular flexibility index (Phi) is 5.54. The van der Waals surface area contributed by atoms with Crippen LogP contribution in [0.2, 0.25) is 0 Å². The van der Waals surface area contributed by atoms with E-state index >= 15 is 0 Å². The molecule has 5 rings (SSSR count). The Morgan fingerprint density at radius 2 is 2.07 bits per heavy atom. The van der Waals surface area contributed by atoms with Gasteiger partial charge in [-0.1, -0.05) is 17.4 Å². The molecule has 1 atom stereocenters. The van der Waals surface area contributed by atoms with E-state index in [0.717, 1.165) is 34.6 Å². The smallest absolute Gasteiger partial charge is 0.260 e. The minimum Gasteiger partial charge on any atom is -0.486 e. The fourth-order valence-corrected chi connectivity index (χ4v) is 5.39. The summed E-state index contributed by atoms with van der Waals surface area (Å²) in [6.07, 6.45) is 4.04. The second kappa shape index (κ2) is 8.45. The summed E-state index contributed by atoms with van der Waals surface area (Å²) in [5.74, 6) is 1.18. The van der Waals surface area contributed by atoms with Crippen LogP contribution in [0.4, 0.5) is 5.13 Å². The SMILES string of the molecule is CSc1cccc2sc(N(C[C@H]3CCCO3)C(=O)c3ccc4c(c3)OCCO4)nc12. The Morgan fingerprint density at radius 3 is 2.87 bits per heavy atom. The Bertz CT molecular complexity index is 1080. The summed E-state index contributed by atoms with van der Waals surface area (Å²) in [6, 6.07) is 11.5. The number of hydrogen-bond donors (Lipinski definition) is 0. The van der Waals surface area contributed by atoms with Crippen LogP contribution in [0.3, 0.4) is 0 Å². The van der Waals surface area contributed by atoms with Crippen LogP contribution < -0.4 is 14.4 Å². The van der Waals surface area contributed by atoms with Crippen molar-refractivity contribution < 1.29 is 19.0 Å². The predicted octanol–water partition coefficient (Wildman–Crippen LogP) is 4.62. The van der Waals surface area contributed by atoms with Crippen LogP contribution in [0.25, 0.3) is 10.2 Å². The lowest BCUT2D eigenvalue weighted by Gasteiger charge is -2.24. The van der Waals surface area contributed by atoms with Gasteiger partial charge in [-0.05, 0) is 49.4 Å². The number of para-hydroxylation sites is 1. The van der Waals surface area contributed by atoms with Gasteiger partial charge < -0.3 is 14.2 Å². The number of fused-ring (bicyclic) bond motifs is 2. The van der Waals surface area contributed by atoms with Crippen LogP contribution in [-0.2, 0) is 4.74 Å². The number of nitrogens with zero attached hydrogens (tertiary/aromatic N) is 2. The second-order valence-corrected chi connectivity index (χ2v) is 9.07. The average Bonchev–Trinajstić information content (AvgIpc) is 3.46. The van der Waals surface area contributed by atoms with E-state index in [1.807, 2.05) is 12.3 Å². The molecule has 156 valence electrons. The van der Waals surface area contributed by atoms with E-state index in [2.05, 4.69) is 12.1 Å². The number of ether oxygens (including phenoxy) is 3. The highest BCUT2D eigenvalue weighted by molar-refractivity contribution is 7.98. The molecule has 2 aliphatic rings. The van der Waals surface area contributed by atoms with Crippen LogP contribution >= 0.6 is 23.1 Å². The van der Waals surface area contributed by atoms with E-state index in [4.69, 9.17) is 19.2 Å². The molecule has 0 bridgehead atoms. The fraction of sp³-hybridized carbons (Fsp3) is 0.364. The lowest BCUT2D eigenvalue weighted by Crippen LogP contribution is -2.37. The summed E-state index contributed by atoms with van der Waals surface area (Å²) < 4.78 is 18.2. The van der Waals surface area contributed by atoms with Crippen LogP contribution in [0, 0.1) is 0 Å². The second-order valence-electron chi connectivity index (χ2n) is 7.21. The molecule has 3 aromatic rings. The molecule has 2 aliphatic heterocycles. The van der Waals surface area contributed by atoms with Crippen molar-refractivity contribution in [2.45, 2.75) is 23.8 Å². The summed E-state index contributed by atoms with van der Waals surface area (Å²) in [5.41, 5.74) is 1.50. The van der Waals surface area contributed by atoms with Gasteiger partial charge in [0.2, 0.25) is 0 Å². The van der Waals surface area contributed by atoms with Gasteiger partial charge in [0.15, 0.2) is 16.6 Å². The van der Waals surface area contributed by atoms with Crippen molar-refractivity contribution in [3.05, 3.63) is 42.0 Å². The Morgan fingerprint density at radius 1 is 1.20 bits per heavy atom. The molecule has 8 heteroatoms. The Labute approximate surface area is 183 Å². The van der Waals surface area contributed by atoms with Gasteiger partial charge in [0, 0.05) is 17.1 Å². The van der Waals surface area contributed by atoms with E-state index in [1.165, 1.54) is 11.3 Å². The molecule has 0 N–H and O–H groups in total. The molecule has 0 saturated carbocycles. The first-order chi connectivity index (χ1) is 14.7. The number of amides is 1. The normalized spacial score (nSPS) is 18.0. The first kappa shape index (κ1) is 19.7. The third kappa shape index (κ3) is 3.75. The topological polar surface area (TPSA) is 60.9 Å². The molecule has 0 aliphatic carbocycles. The first-order valence-corrected chi connectivity index (χ1v) is 12.0. The molecule has 0 unspecified atom stereocenters. The number of aromatic nitrogens is 1. The zero-order valence-corrected chi connectivity index (χ0v) is 18.3. The summed E-state index contributed by atoms with van der Waals surface area (Å²) in [6.45, 7) is 2.24. The highest BCUT2D eigenvalue weighted by Crippen LogP contribution is 2.36. The van der Waals surface area contributed by atoms with Crippen LogP contribution in [-0.4, -0.2) is 49.6 Å². The molecular formula is C22H22N2O4S2. The van der Waals surface area contributed by atoms with Gasteiger partial charge in [-0.3, -0.25) is 9.69 Å². The predicted molar refractivity (Wildman–Crippen MR) is 119 cm³/mol. The third-order valence-electron chi connectivity index (χ3n) is 5.27. The van der Waals surface area contributed by atoms with Crippen molar-refractivity contribution in [3.63, 3.8) is 0 Å². The Balaban J connectivity index is 1.52. The number of rotatable bonds is 5. The summed E-state index contributed by atoms with van der Waals surface area (Å²) in [5, 5.41) is 0.696. The summed E-state index contributed by atoms with van der Waals surface area (Å²) in [7, 11) is 0. The monoisotopic (exact) mass is 442 g/mol. The quantitative estimate of drug-likeness (QED) is 0.538. The van der Waals surface area contributed by atoms with Gasteiger partial charge in [-0.15, -0.1) is 11.8 Å². The minimum atomic E-state index is -0.104. The summed E-state index contributed by atoms with van der Waals surface area (Å²) >= 11 is 3.20. The van der Waals surface area contributed by atoms with E-state index in [9.17, 15) is 4.79 Å². The molecule has 3 heterocycles. The highest BCUT2D eigenvalue weighted by atomic mass is 32.2. The molecule has 0 spiro atoms. The van der Waals surface area contributed by atoms with Crippen molar-refractivity contribution >= 4 is 44.4 Å². The molecule has 6 nitrogen and oxygen atoms in total. The Hall–Kier alpha value is -2.29. The lowest BCUT2D eigenvalue weighted by atomic mass is 10.1. The molecule has 1 amide bonds. The summed E-state index contributed by atoms with van der Waals surface area (Å²) in [4.78, 5) is 21.3. The van der Waals surface area contributed by atoms with Gasteiger partial charge in [-0.25, -0.2) is 4.98 Å². The average molecular weight is 443 g/mol. The molecule has 0 radical (unpaired) electrons. The molecule has 1 fully saturated rings. The van der Waals surface area contributed by atoms with Crippen LogP contribution in [0.1, 0.15) is 23.2 Å². The third-order valence-corrected chi connectivity index (χ3v) is 7.08. The molecule has 1 aromatic heterocycles. The number of hydrogen-bond acceptors (Lipinski definition) is 7. The van der Waals surface area contributed by atoms with E-state index in [0.29, 0.717) is 42.0 Å². The standard InChI is InChI=1S/C22H22N2O4S2/c1-29-18-5-2-6-19-20(18)23-22(30-19)24(13-15-4-3-9-26-15)21(25)14-7-8-16-17(12-14)28-11-10-27-16/h2,5-8,12,15H,3-4,9-11,13H2,1H3/t15-/m1/s1. The number of anilines is 1. The van der Waals surface area contributed by atoms with Gasteiger partial charge in [-0.2, -0.15) is 0 Å². The number of carbonyl (C=O) groups excluding carboxylic acids is 1. The van der Waals surface area contributed by atoms with Crippen molar-refractivity contribution in [1.82, 2.24) is 4.98 Å². The maximum Gasteiger partial charge on any atom is 0.260 e. The van der Waals surface area contributed by atoms with Crippen LogP contribution in [0.5, 0.6) is 11.5 Å². The van der Waals surface area contributed by atoms with Crippen molar-refractivity contribution in [2.24, 2.45) is 0 Å². The number of benzene rings is 2. The van der Waals surface area contributed by atoms with Gasteiger partial charge >= 0.3 is 0 Å². The van der Waals surface area contributed by atoms with Gasteiger partial charge in [0.05, 0.1) is 22.9 Å².